The highest BCUT2D eigenvalue weighted by Gasteiger charge is 2.29. The van der Waals surface area contributed by atoms with Crippen LogP contribution in [0.4, 0.5) is 0 Å². The molecular formula is C17H22O2. The first-order chi connectivity index (χ1) is 9.24. The van der Waals surface area contributed by atoms with Crippen molar-refractivity contribution in [2.45, 2.75) is 45.5 Å². The molecule has 0 fully saturated rings. The van der Waals surface area contributed by atoms with Crippen LogP contribution in [0.15, 0.2) is 30.3 Å². The lowest BCUT2D eigenvalue weighted by Gasteiger charge is -2.34. The van der Waals surface area contributed by atoms with E-state index in [1.807, 2.05) is 0 Å². The average Bonchev–Trinajstić information content (AvgIpc) is 2.44. The summed E-state index contributed by atoms with van der Waals surface area (Å²) in [6.45, 7) is 5.97. The molecule has 2 aliphatic rings. The Morgan fingerprint density at radius 2 is 2.11 bits per heavy atom. The predicted molar refractivity (Wildman–Crippen MR) is 76.8 cm³/mol. The van der Waals surface area contributed by atoms with Gasteiger partial charge in [0.1, 0.15) is 0 Å². The third-order valence-corrected chi connectivity index (χ3v) is 3.84. The van der Waals surface area contributed by atoms with Crippen molar-refractivity contribution >= 4 is 5.57 Å². The van der Waals surface area contributed by atoms with Crippen molar-refractivity contribution in [1.82, 2.24) is 0 Å². The highest BCUT2D eigenvalue weighted by atomic mass is 16.5. The van der Waals surface area contributed by atoms with Crippen LogP contribution in [0.3, 0.4) is 0 Å². The van der Waals surface area contributed by atoms with Crippen LogP contribution in [0, 0.1) is 5.92 Å². The maximum absolute atomic E-state index is 5.98. The molecule has 0 saturated heterocycles. The van der Waals surface area contributed by atoms with Crippen molar-refractivity contribution in [3.63, 3.8) is 0 Å². The van der Waals surface area contributed by atoms with Crippen molar-refractivity contribution in [1.29, 1.82) is 0 Å². The smallest absolute Gasteiger partial charge is 0.0834 e. The van der Waals surface area contributed by atoms with Gasteiger partial charge in [0.05, 0.1) is 18.8 Å². The van der Waals surface area contributed by atoms with Crippen molar-refractivity contribution in [3.8, 4) is 0 Å². The van der Waals surface area contributed by atoms with Gasteiger partial charge in [0.15, 0.2) is 0 Å². The minimum absolute atomic E-state index is 0.253. The molecule has 0 bridgehead atoms. The van der Waals surface area contributed by atoms with Gasteiger partial charge in [0, 0.05) is 6.61 Å². The van der Waals surface area contributed by atoms with Gasteiger partial charge in [0.25, 0.3) is 0 Å². The Labute approximate surface area is 115 Å². The van der Waals surface area contributed by atoms with E-state index in [4.69, 9.17) is 9.47 Å². The molecule has 0 N–H and O–H groups in total. The van der Waals surface area contributed by atoms with E-state index in [-0.39, 0.29) is 12.2 Å². The quantitative estimate of drug-likeness (QED) is 0.821. The zero-order valence-electron chi connectivity index (χ0n) is 11.8. The number of benzene rings is 1. The number of fused-ring (bicyclic) bond motifs is 3. The molecule has 102 valence electrons. The number of rotatable bonds is 3. The zero-order chi connectivity index (χ0) is 13.2. The predicted octanol–water partition coefficient (Wildman–Crippen LogP) is 3.80. The second kappa shape index (κ2) is 5.48. The van der Waals surface area contributed by atoms with Crippen LogP contribution >= 0.6 is 0 Å². The summed E-state index contributed by atoms with van der Waals surface area (Å²) < 4.78 is 11.9. The van der Waals surface area contributed by atoms with Crippen LogP contribution in [0.2, 0.25) is 0 Å². The van der Waals surface area contributed by atoms with Crippen LogP contribution < -0.4 is 0 Å². The van der Waals surface area contributed by atoms with E-state index < -0.39 is 0 Å². The van der Waals surface area contributed by atoms with Crippen molar-refractivity contribution in [2.75, 3.05) is 6.61 Å². The molecule has 2 atom stereocenters. The van der Waals surface area contributed by atoms with Crippen LogP contribution in [0.5, 0.6) is 0 Å². The summed E-state index contributed by atoms with van der Waals surface area (Å²) >= 11 is 0. The fourth-order valence-electron chi connectivity index (χ4n) is 2.86. The van der Waals surface area contributed by atoms with Gasteiger partial charge in [-0.2, -0.15) is 0 Å². The molecule has 3 rings (SSSR count). The molecule has 0 unspecified atom stereocenters. The molecule has 0 spiro atoms. The summed E-state index contributed by atoms with van der Waals surface area (Å²) in [5, 5.41) is 0. The Morgan fingerprint density at radius 1 is 1.26 bits per heavy atom. The SMILES string of the molecule is CC(C)CO[C@@H]1C=C2c3ccccc3CO[C@@H]2CC1. The van der Waals surface area contributed by atoms with Gasteiger partial charge >= 0.3 is 0 Å². The summed E-state index contributed by atoms with van der Waals surface area (Å²) in [5.41, 5.74) is 3.99. The molecule has 19 heavy (non-hydrogen) atoms. The van der Waals surface area contributed by atoms with Crippen molar-refractivity contribution < 1.29 is 9.47 Å². The zero-order valence-corrected chi connectivity index (χ0v) is 11.8. The van der Waals surface area contributed by atoms with E-state index in [0.717, 1.165) is 26.1 Å². The molecule has 0 saturated carbocycles. The van der Waals surface area contributed by atoms with Gasteiger partial charge in [0.2, 0.25) is 0 Å². The van der Waals surface area contributed by atoms with Gasteiger partial charge in [-0.05, 0) is 41.5 Å². The molecule has 0 amide bonds. The number of hydrogen-bond donors (Lipinski definition) is 0. The molecule has 1 heterocycles. The van der Waals surface area contributed by atoms with E-state index in [9.17, 15) is 0 Å². The van der Waals surface area contributed by atoms with Crippen molar-refractivity contribution in [3.05, 3.63) is 41.5 Å². The summed E-state index contributed by atoms with van der Waals surface area (Å²) in [5.74, 6) is 0.589. The monoisotopic (exact) mass is 258 g/mol. The van der Waals surface area contributed by atoms with Gasteiger partial charge in [-0.1, -0.05) is 38.1 Å². The number of hydrogen-bond acceptors (Lipinski definition) is 2. The van der Waals surface area contributed by atoms with Crippen LogP contribution in [-0.2, 0) is 16.1 Å². The molecule has 1 aromatic rings. The second-order valence-electron chi connectivity index (χ2n) is 5.92. The van der Waals surface area contributed by atoms with Gasteiger partial charge < -0.3 is 9.47 Å². The van der Waals surface area contributed by atoms with Gasteiger partial charge in [-0.15, -0.1) is 0 Å². The van der Waals surface area contributed by atoms with E-state index in [1.165, 1.54) is 16.7 Å². The second-order valence-corrected chi connectivity index (χ2v) is 5.92. The first-order valence-electron chi connectivity index (χ1n) is 7.27. The lowest BCUT2D eigenvalue weighted by Crippen LogP contribution is -2.29. The van der Waals surface area contributed by atoms with Gasteiger partial charge in [-0.25, -0.2) is 0 Å². The summed E-state index contributed by atoms with van der Waals surface area (Å²) in [7, 11) is 0. The topological polar surface area (TPSA) is 18.5 Å². The standard InChI is InChI=1S/C17H22O2/c1-12(2)10-18-14-7-8-17-16(9-14)15-6-4-3-5-13(15)11-19-17/h3-6,9,12,14,17H,7-8,10-11H2,1-2H3/t14-,17+/m0/s1. The molecule has 0 radical (unpaired) electrons. The summed E-state index contributed by atoms with van der Waals surface area (Å²) in [6, 6.07) is 8.56. The Balaban J connectivity index is 1.83. The normalized spacial score (nSPS) is 25.7. The Morgan fingerprint density at radius 3 is 2.95 bits per heavy atom. The third kappa shape index (κ3) is 2.75. The molecule has 1 aliphatic carbocycles. The molecular weight excluding hydrogens is 236 g/mol. The highest BCUT2D eigenvalue weighted by Crippen LogP contribution is 2.36. The van der Waals surface area contributed by atoms with Gasteiger partial charge in [-0.3, -0.25) is 0 Å². The Bertz CT molecular complexity index is 476. The van der Waals surface area contributed by atoms with Crippen LogP contribution in [-0.4, -0.2) is 18.8 Å². The molecule has 2 heteroatoms. The Kier molecular flexibility index (Phi) is 3.72. The fourth-order valence-corrected chi connectivity index (χ4v) is 2.86. The lowest BCUT2D eigenvalue weighted by atomic mass is 9.85. The Hall–Kier alpha value is -1.12. The van der Waals surface area contributed by atoms with Crippen LogP contribution in [0.1, 0.15) is 37.8 Å². The van der Waals surface area contributed by atoms with E-state index in [1.54, 1.807) is 0 Å². The largest absolute Gasteiger partial charge is 0.374 e. The first-order valence-corrected chi connectivity index (χ1v) is 7.27. The minimum atomic E-state index is 0.253. The minimum Gasteiger partial charge on any atom is -0.374 e. The molecule has 1 aromatic carbocycles. The molecule has 1 aliphatic heterocycles. The summed E-state index contributed by atoms with van der Waals surface area (Å²) in [6.07, 6.45) is 4.96. The van der Waals surface area contributed by atoms with E-state index in [0.29, 0.717) is 5.92 Å². The first kappa shape index (κ1) is 12.9. The number of ether oxygens (including phenoxy) is 2. The highest BCUT2D eigenvalue weighted by molar-refractivity contribution is 5.73. The van der Waals surface area contributed by atoms with E-state index >= 15 is 0 Å². The fraction of sp³-hybridized carbons (Fsp3) is 0.529. The lowest BCUT2D eigenvalue weighted by molar-refractivity contribution is 0.0211. The average molecular weight is 258 g/mol. The molecule has 0 aromatic heterocycles. The van der Waals surface area contributed by atoms with E-state index in [2.05, 4.69) is 44.2 Å². The maximum Gasteiger partial charge on any atom is 0.0834 e. The summed E-state index contributed by atoms with van der Waals surface area (Å²) in [4.78, 5) is 0. The van der Waals surface area contributed by atoms with Crippen LogP contribution in [0.25, 0.3) is 5.57 Å². The molecule has 2 nitrogen and oxygen atoms in total. The third-order valence-electron chi connectivity index (χ3n) is 3.84. The maximum atomic E-state index is 5.98. The van der Waals surface area contributed by atoms with Crippen molar-refractivity contribution in [2.24, 2.45) is 5.92 Å².